The molecule has 5 fully saturated rings. The van der Waals surface area contributed by atoms with Crippen LogP contribution in [0.1, 0.15) is 56.1 Å². The fourth-order valence-electron chi connectivity index (χ4n) is 7.95. The van der Waals surface area contributed by atoms with Crippen molar-refractivity contribution in [3.05, 3.63) is 41.6 Å². The minimum Gasteiger partial charge on any atom is -0.396 e. The van der Waals surface area contributed by atoms with Crippen LogP contribution >= 0.6 is 11.8 Å². The maximum absolute atomic E-state index is 9.71. The standard InChI is InChI=1S/C29H38N6OS/c1-37-25-5-3-2-4-20(25)14-31-28-32-15-23(13-30)27(35-28)33-17-29-10-18-6-21(11-29)26(22(7-18)12-29)34-24-8-19(9-24)16-36/h2-5,15,18-19,21-22,24,26,34,36H,6-12,14,16-17H2,1H3,(H2,31,32,33,35)/t18?,19-,21-,22+,24-,26?,29-. The van der Waals surface area contributed by atoms with Crippen molar-refractivity contribution < 1.29 is 5.11 Å². The Balaban J connectivity index is 1.10. The summed E-state index contributed by atoms with van der Waals surface area (Å²) >= 11 is 1.73. The number of anilines is 2. The van der Waals surface area contributed by atoms with Crippen molar-refractivity contribution in [1.29, 1.82) is 5.26 Å². The molecule has 196 valence electrons. The fraction of sp³-hybridized carbons (Fsp3) is 0.621. The molecule has 2 unspecified atom stereocenters. The number of aliphatic hydroxyl groups is 1. The molecule has 4 bridgehead atoms. The molecule has 0 radical (unpaired) electrons. The lowest BCUT2D eigenvalue weighted by Crippen LogP contribution is -2.62. The number of benzene rings is 1. The van der Waals surface area contributed by atoms with Gasteiger partial charge in [-0.1, -0.05) is 18.2 Å². The van der Waals surface area contributed by atoms with E-state index in [4.69, 9.17) is 4.98 Å². The van der Waals surface area contributed by atoms with Crippen molar-refractivity contribution in [3.8, 4) is 6.07 Å². The minimum absolute atomic E-state index is 0.296. The smallest absolute Gasteiger partial charge is 0.224 e. The molecule has 7 rings (SSSR count). The third-order valence-electron chi connectivity index (χ3n) is 9.49. The highest BCUT2D eigenvalue weighted by Crippen LogP contribution is 2.60. The summed E-state index contributed by atoms with van der Waals surface area (Å²) in [6.45, 7) is 1.86. The molecule has 5 aliphatic carbocycles. The Labute approximate surface area is 224 Å². The zero-order valence-corrected chi connectivity index (χ0v) is 22.4. The second-order valence-electron chi connectivity index (χ2n) is 12.0. The molecule has 37 heavy (non-hydrogen) atoms. The highest BCUT2D eigenvalue weighted by atomic mass is 32.2. The molecular formula is C29H38N6OS. The number of nitriles is 1. The van der Waals surface area contributed by atoms with E-state index in [1.54, 1.807) is 18.0 Å². The lowest BCUT2D eigenvalue weighted by atomic mass is 9.47. The molecule has 2 aromatic rings. The molecule has 8 heteroatoms. The van der Waals surface area contributed by atoms with Crippen LogP contribution in [0.4, 0.5) is 11.8 Å². The van der Waals surface area contributed by atoms with E-state index in [0.29, 0.717) is 53.9 Å². The number of aromatic nitrogens is 2. The molecule has 1 aromatic heterocycles. The molecule has 7 nitrogen and oxygen atoms in total. The van der Waals surface area contributed by atoms with Crippen LogP contribution in [0.25, 0.3) is 0 Å². The van der Waals surface area contributed by atoms with Crippen LogP contribution in [0.2, 0.25) is 0 Å². The number of aliphatic hydroxyl groups excluding tert-OH is 1. The van der Waals surface area contributed by atoms with E-state index >= 15 is 0 Å². The molecule has 0 amide bonds. The molecule has 1 heterocycles. The highest BCUT2D eigenvalue weighted by Gasteiger charge is 2.55. The topological polar surface area (TPSA) is 106 Å². The second kappa shape index (κ2) is 10.4. The lowest BCUT2D eigenvalue weighted by molar-refractivity contribution is -0.0766. The van der Waals surface area contributed by atoms with Crippen molar-refractivity contribution in [2.24, 2.45) is 29.1 Å². The van der Waals surface area contributed by atoms with Crippen LogP contribution < -0.4 is 16.0 Å². The molecule has 4 N–H and O–H groups in total. The Bertz CT molecular complexity index is 1150. The van der Waals surface area contributed by atoms with Crippen molar-refractivity contribution in [3.63, 3.8) is 0 Å². The number of hydrogen-bond donors (Lipinski definition) is 4. The highest BCUT2D eigenvalue weighted by molar-refractivity contribution is 7.98. The Morgan fingerprint density at radius 3 is 2.62 bits per heavy atom. The van der Waals surface area contributed by atoms with Gasteiger partial charge in [0.05, 0.1) is 6.20 Å². The number of thioether (sulfide) groups is 1. The van der Waals surface area contributed by atoms with Gasteiger partial charge in [0.25, 0.3) is 0 Å². The van der Waals surface area contributed by atoms with Crippen molar-refractivity contribution in [2.75, 3.05) is 30.0 Å². The third kappa shape index (κ3) is 5.06. The van der Waals surface area contributed by atoms with Crippen LogP contribution in [0.15, 0.2) is 35.4 Å². The summed E-state index contributed by atoms with van der Waals surface area (Å²) in [7, 11) is 0. The second-order valence-corrected chi connectivity index (χ2v) is 12.8. The maximum Gasteiger partial charge on any atom is 0.224 e. The van der Waals surface area contributed by atoms with Gasteiger partial charge in [0.1, 0.15) is 17.5 Å². The molecule has 0 aliphatic heterocycles. The van der Waals surface area contributed by atoms with E-state index < -0.39 is 0 Å². The predicted molar refractivity (Wildman–Crippen MR) is 147 cm³/mol. The molecule has 5 saturated carbocycles. The van der Waals surface area contributed by atoms with Gasteiger partial charge < -0.3 is 21.1 Å². The first-order valence-electron chi connectivity index (χ1n) is 13.8. The van der Waals surface area contributed by atoms with E-state index in [0.717, 1.165) is 37.1 Å². The van der Waals surface area contributed by atoms with Crippen LogP contribution in [0.3, 0.4) is 0 Å². The van der Waals surface area contributed by atoms with Gasteiger partial charge in [-0.05, 0) is 91.9 Å². The van der Waals surface area contributed by atoms with Gasteiger partial charge in [0, 0.05) is 36.7 Å². The molecule has 5 atom stereocenters. The summed E-state index contributed by atoms with van der Waals surface area (Å²) < 4.78 is 0. The molecule has 0 spiro atoms. The molecule has 1 aromatic carbocycles. The monoisotopic (exact) mass is 518 g/mol. The number of hydrogen-bond acceptors (Lipinski definition) is 8. The zero-order valence-electron chi connectivity index (χ0n) is 21.6. The molecular weight excluding hydrogens is 480 g/mol. The third-order valence-corrected chi connectivity index (χ3v) is 10.3. The Kier molecular flexibility index (Phi) is 7.04. The van der Waals surface area contributed by atoms with Gasteiger partial charge >= 0.3 is 0 Å². The Morgan fingerprint density at radius 1 is 1.11 bits per heavy atom. The van der Waals surface area contributed by atoms with Crippen molar-refractivity contribution >= 4 is 23.5 Å². The first kappa shape index (κ1) is 25.0. The number of nitrogens with one attached hydrogen (secondary N) is 3. The van der Waals surface area contributed by atoms with Crippen LogP contribution in [0, 0.1) is 40.4 Å². The minimum atomic E-state index is 0.296. The Morgan fingerprint density at radius 2 is 1.89 bits per heavy atom. The number of nitrogens with zero attached hydrogens (tertiary/aromatic N) is 3. The van der Waals surface area contributed by atoms with Crippen LogP contribution in [-0.2, 0) is 6.54 Å². The van der Waals surface area contributed by atoms with Crippen LogP contribution in [-0.4, -0.2) is 46.6 Å². The van der Waals surface area contributed by atoms with E-state index in [1.807, 2.05) is 6.07 Å². The lowest BCUT2D eigenvalue weighted by Gasteiger charge is -2.61. The summed E-state index contributed by atoms with van der Waals surface area (Å²) in [4.78, 5) is 10.4. The van der Waals surface area contributed by atoms with Gasteiger partial charge in [-0.2, -0.15) is 10.2 Å². The summed E-state index contributed by atoms with van der Waals surface area (Å²) in [5.74, 6) is 4.03. The summed E-state index contributed by atoms with van der Waals surface area (Å²) in [5.41, 5.74) is 2.01. The van der Waals surface area contributed by atoms with E-state index in [9.17, 15) is 10.4 Å². The zero-order chi connectivity index (χ0) is 25.4. The number of rotatable bonds is 10. The largest absolute Gasteiger partial charge is 0.396 e. The van der Waals surface area contributed by atoms with Crippen molar-refractivity contribution in [1.82, 2.24) is 15.3 Å². The van der Waals surface area contributed by atoms with Gasteiger partial charge in [0.2, 0.25) is 5.95 Å². The van der Waals surface area contributed by atoms with E-state index in [1.165, 1.54) is 42.6 Å². The van der Waals surface area contributed by atoms with E-state index in [2.05, 4.69) is 51.5 Å². The summed E-state index contributed by atoms with van der Waals surface area (Å²) in [6, 6.07) is 11.9. The predicted octanol–water partition coefficient (Wildman–Crippen LogP) is 4.65. The fourth-order valence-corrected chi connectivity index (χ4v) is 8.57. The SMILES string of the molecule is CSc1ccccc1CNc1ncc(C#N)c(NC[C@]23CC4C[C@H](C2)C(N[C@H]2C[C@H](CO)C2)[C@@H](C4)C3)n1. The molecule has 0 saturated heterocycles. The van der Waals surface area contributed by atoms with Crippen LogP contribution in [0.5, 0.6) is 0 Å². The van der Waals surface area contributed by atoms with Gasteiger partial charge in [-0.15, -0.1) is 11.8 Å². The van der Waals surface area contributed by atoms with Crippen molar-refractivity contribution in [2.45, 2.75) is 68.5 Å². The summed E-state index contributed by atoms with van der Waals surface area (Å²) in [6.07, 6.45) is 12.5. The first-order chi connectivity index (χ1) is 18.1. The Hall–Kier alpha value is -2.34. The average molecular weight is 519 g/mol. The summed E-state index contributed by atoms with van der Waals surface area (Å²) in [5, 5.41) is 30.1. The quantitative estimate of drug-likeness (QED) is 0.337. The first-order valence-corrected chi connectivity index (χ1v) is 15.0. The molecule has 5 aliphatic rings. The van der Waals surface area contributed by atoms with E-state index in [-0.39, 0.29) is 0 Å². The van der Waals surface area contributed by atoms with Gasteiger partial charge in [-0.3, -0.25) is 0 Å². The maximum atomic E-state index is 9.71. The normalized spacial score (nSPS) is 33.5. The average Bonchev–Trinajstić information content (AvgIpc) is 2.89. The van der Waals surface area contributed by atoms with Gasteiger partial charge in [-0.25, -0.2) is 4.98 Å². The van der Waals surface area contributed by atoms with Gasteiger partial charge in [0.15, 0.2) is 0 Å².